The SMILES string of the molecule is NC(=O)c1ccc2c(c1)nc(Nc1cccc(Cl)c1)c1cccnc12. The molecule has 5 nitrogen and oxygen atoms in total. The summed E-state index contributed by atoms with van der Waals surface area (Å²) in [7, 11) is 0. The number of carbonyl (C=O) groups is 1. The average molecular weight is 349 g/mol. The molecule has 0 spiro atoms. The minimum absolute atomic E-state index is 0.406. The fourth-order valence-corrected chi connectivity index (χ4v) is 2.96. The predicted molar refractivity (Wildman–Crippen MR) is 100 cm³/mol. The molecule has 0 saturated carbocycles. The lowest BCUT2D eigenvalue weighted by Crippen LogP contribution is -2.10. The molecule has 0 aliphatic rings. The third kappa shape index (κ3) is 2.86. The number of nitrogens with zero attached hydrogens (tertiary/aromatic N) is 2. The van der Waals surface area contributed by atoms with Crippen LogP contribution in [0.25, 0.3) is 21.8 Å². The Morgan fingerprint density at radius 3 is 2.72 bits per heavy atom. The van der Waals surface area contributed by atoms with Crippen LogP contribution >= 0.6 is 11.6 Å². The Balaban J connectivity index is 1.96. The summed E-state index contributed by atoms with van der Waals surface area (Å²) in [6, 6.07) is 16.4. The lowest BCUT2D eigenvalue weighted by molar-refractivity contribution is 0.100. The predicted octanol–water partition coefficient (Wildman–Crippen LogP) is 4.28. The Kier molecular flexibility index (Phi) is 3.71. The molecule has 0 atom stereocenters. The molecular weight excluding hydrogens is 336 g/mol. The molecule has 0 fully saturated rings. The number of anilines is 2. The molecule has 6 heteroatoms. The van der Waals surface area contributed by atoms with Crippen molar-refractivity contribution in [2.24, 2.45) is 5.73 Å². The van der Waals surface area contributed by atoms with Crippen molar-refractivity contribution in [3.05, 3.63) is 71.4 Å². The van der Waals surface area contributed by atoms with E-state index in [9.17, 15) is 4.79 Å². The van der Waals surface area contributed by atoms with E-state index in [-0.39, 0.29) is 0 Å². The Morgan fingerprint density at radius 1 is 1.04 bits per heavy atom. The normalized spacial score (nSPS) is 10.9. The second kappa shape index (κ2) is 6.03. The molecule has 0 bridgehead atoms. The smallest absolute Gasteiger partial charge is 0.248 e. The number of benzene rings is 2. The molecule has 4 aromatic rings. The number of halogens is 1. The number of hydrogen-bond acceptors (Lipinski definition) is 4. The van der Waals surface area contributed by atoms with Crippen LogP contribution in [0.1, 0.15) is 10.4 Å². The van der Waals surface area contributed by atoms with Gasteiger partial charge in [-0.3, -0.25) is 9.78 Å². The van der Waals surface area contributed by atoms with E-state index in [1.165, 1.54) is 0 Å². The number of carbonyl (C=O) groups excluding carboxylic acids is 1. The maximum Gasteiger partial charge on any atom is 0.248 e. The van der Waals surface area contributed by atoms with Crippen molar-refractivity contribution in [3.8, 4) is 0 Å². The molecule has 0 aliphatic carbocycles. The minimum Gasteiger partial charge on any atom is -0.366 e. The minimum atomic E-state index is -0.492. The van der Waals surface area contributed by atoms with Crippen molar-refractivity contribution in [1.82, 2.24) is 9.97 Å². The number of pyridine rings is 2. The summed E-state index contributed by atoms with van der Waals surface area (Å²) >= 11 is 6.06. The highest BCUT2D eigenvalue weighted by Crippen LogP contribution is 2.30. The van der Waals surface area contributed by atoms with Crippen LogP contribution in [0.3, 0.4) is 0 Å². The summed E-state index contributed by atoms with van der Waals surface area (Å²) in [5.41, 5.74) is 8.05. The van der Waals surface area contributed by atoms with Gasteiger partial charge in [0.1, 0.15) is 5.82 Å². The van der Waals surface area contributed by atoms with E-state index in [1.807, 2.05) is 36.4 Å². The van der Waals surface area contributed by atoms with Crippen LogP contribution in [0.15, 0.2) is 60.8 Å². The van der Waals surface area contributed by atoms with Crippen LogP contribution in [0.4, 0.5) is 11.5 Å². The van der Waals surface area contributed by atoms with Crippen LogP contribution in [-0.4, -0.2) is 15.9 Å². The highest BCUT2D eigenvalue weighted by molar-refractivity contribution is 6.30. The molecule has 25 heavy (non-hydrogen) atoms. The van der Waals surface area contributed by atoms with Gasteiger partial charge in [-0.25, -0.2) is 4.98 Å². The number of fused-ring (bicyclic) bond motifs is 3. The summed E-state index contributed by atoms with van der Waals surface area (Å²) in [4.78, 5) is 20.6. The second-order valence-corrected chi connectivity index (χ2v) is 6.03. The maximum atomic E-state index is 11.5. The van der Waals surface area contributed by atoms with Crippen molar-refractivity contribution in [2.75, 3.05) is 5.32 Å². The number of primary amides is 1. The van der Waals surface area contributed by atoms with Gasteiger partial charge in [0, 0.05) is 33.2 Å². The third-order valence-corrected chi connectivity index (χ3v) is 4.15. The van der Waals surface area contributed by atoms with Gasteiger partial charge < -0.3 is 11.1 Å². The first-order valence-corrected chi connectivity index (χ1v) is 8.00. The first-order valence-electron chi connectivity index (χ1n) is 7.63. The zero-order valence-electron chi connectivity index (χ0n) is 13.0. The summed E-state index contributed by atoms with van der Waals surface area (Å²) in [6.07, 6.45) is 1.73. The van der Waals surface area contributed by atoms with Gasteiger partial charge in [0.25, 0.3) is 0 Å². The van der Waals surface area contributed by atoms with Gasteiger partial charge in [-0.15, -0.1) is 0 Å². The molecule has 0 saturated heterocycles. The molecule has 122 valence electrons. The fraction of sp³-hybridized carbons (Fsp3) is 0. The van der Waals surface area contributed by atoms with E-state index >= 15 is 0 Å². The molecule has 0 aliphatic heterocycles. The summed E-state index contributed by atoms with van der Waals surface area (Å²) in [6.45, 7) is 0. The standard InChI is InChI=1S/C19H13ClN4O/c20-12-3-1-4-13(10-12)23-19-15-5-2-8-22-17(15)14-7-6-11(18(21)25)9-16(14)24-19/h1-10H,(H2,21,25)(H,23,24). The summed E-state index contributed by atoms with van der Waals surface area (Å²) < 4.78 is 0. The number of nitrogens with one attached hydrogen (secondary N) is 1. The number of nitrogens with two attached hydrogens (primary N) is 1. The van der Waals surface area contributed by atoms with Gasteiger partial charge in [0.2, 0.25) is 5.91 Å². The molecule has 2 aromatic carbocycles. The van der Waals surface area contributed by atoms with E-state index in [1.54, 1.807) is 24.4 Å². The maximum absolute atomic E-state index is 11.5. The van der Waals surface area contributed by atoms with Crippen molar-refractivity contribution in [3.63, 3.8) is 0 Å². The highest BCUT2D eigenvalue weighted by Gasteiger charge is 2.11. The number of amides is 1. The van der Waals surface area contributed by atoms with Crippen molar-refractivity contribution >= 4 is 50.8 Å². The molecule has 3 N–H and O–H groups in total. The lowest BCUT2D eigenvalue weighted by Gasteiger charge is -2.11. The number of rotatable bonds is 3. The first-order chi connectivity index (χ1) is 12.1. The zero-order valence-corrected chi connectivity index (χ0v) is 13.8. The molecule has 0 unspecified atom stereocenters. The van der Waals surface area contributed by atoms with Crippen LogP contribution in [0.2, 0.25) is 5.02 Å². The van der Waals surface area contributed by atoms with Crippen LogP contribution in [-0.2, 0) is 0 Å². The first kappa shape index (κ1) is 15.4. The monoisotopic (exact) mass is 348 g/mol. The number of aromatic nitrogens is 2. The van der Waals surface area contributed by atoms with E-state index in [0.717, 1.165) is 22.0 Å². The van der Waals surface area contributed by atoms with E-state index in [0.29, 0.717) is 21.9 Å². The fourth-order valence-electron chi connectivity index (χ4n) is 2.77. The topological polar surface area (TPSA) is 80.9 Å². The Bertz CT molecular complexity index is 1130. The highest BCUT2D eigenvalue weighted by atomic mass is 35.5. The Morgan fingerprint density at radius 2 is 1.92 bits per heavy atom. The van der Waals surface area contributed by atoms with E-state index in [2.05, 4.69) is 15.3 Å². The molecule has 0 radical (unpaired) electrons. The molecule has 2 heterocycles. The molecular formula is C19H13ClN4O. The van der Waals surface area contributed by atoms with Gasteiger partial charge in [0.15, 0.2) is 0 Å². The van der Waals surface area contributed by atoms with Gasteiger partial charge in [-0.05, 0) is 48.5 Å². The quantitative estimate of drug-likeness (QED) is 0.541. The lowest BCUT2D eigenvalue weighted by atomic mass is 10.1. The van der Waals surface area contributed by atoms with Gasteiger partial charge >= 0.3 is 0 Å². The van der Waals surface area contributed by atoms with E-state index < -0.39 is 5.91 Å². The summed E-state index contributed by atoms with van der Waals surface area (Å²) in [5.74, 6) is 0.147. The third-order valence-electron chi connectivity index (χ3n) is 3.92. The van der Waals surface area contributed by atoms with Crippen LogP contribution in [0, 0.1) is 0 Å². The van der Waals surface area contributed by atoms with Crippen molar-refractivity contribution in [2.45, 2.75) is 0 Å². The Hall–Kier alpha value is -3.18. The van der Waals surface area contributed by atoms with Crippen LogP contribution < -0.4 is 11.1 Å². The van der Waals surface area contributed by atoms with E-state index in [4.69, 9.17) is 17.3 Å². The Labute approximate surface area is 148 Å². The van der Waals surface area contributed by atoms with Gasteiger partial charge in [-0.1, -0.05) is 17.7 Å². The van der Waals surface area contributed by atoms with Crippen molar-refractivity contribution < 1.29 is 4.79 Å². The number of hydrogen-bond donors (Lipinski definition) is 2. The molecule has 4 rings (SSSR count). The summed E-state index contributed by atoms with van der Waals surface area (Å²) in [5, 5.41) is 5.64. The largest absolute Gasteiger partial charge is 0.366 e. The van der Waals surface area contributed by atoms with Crippen LogP contribution in [0.5, 0.6) is 0 Å². The van der Waals surface area contributed by atoms with Gasteiger partial charge in [-0.2, -0.15) is 0 Å². The zero-order chi connectivity index (χ0) is 17.4. The van der Waals surface area contributed by atoms with Crippen molar-refractivity contribution in [1.29, 1.82) is 0 Å². The second-order valence-electron chi connectivity index (χ2n) is 5.59. The van der Waals surface area contributed by atoms with Gasteiger partial charge in [0.05, 0.1) is 11.0 Å². The average Bonchev–Trinajstić information content (AvgIpc) is 2.61. The molecule has 2 aromatic heterocycles. The molecule has 1 amide bonds.